The molecule has 1 atom stereocenters. The van der Waals surface area contributed by atoms with Crippen LogP contribution in [0.4, 0.5) is 0 Å². The molecule has 6 heteroatoms. The molecule has 0 radical (unpaired) electrons. The van der Waals surface area contributed by atoms with Gasteiger partial charge >= 0.3 is 5.97 Å². The van der Waals surface area contributed by atoms with Gasteiger partial charge in [-0.15, -0.1) is 0 Å². The molecule has 0 spiro atoms. The third-order valence-corrected chi connectivity index (χ3v) is 4.09. The van der Waals surface area contributed by atoms with Gasteiger partial charge < -0.3 is 19.5 Å². The molecule has 1 fully saturated rings. The van der Waals surface area contributed by atoms with Crippen LogP contribution in [-0.4, -0.2) is 47.7 Å². The van der Waals surface area contributed by atoms with Crippen LogP contribution in [0.5, 0.6) is 11.5 Å². The van der Waals surface area contributed by atoms with Crippen LogP contribution in [0.3, 0.4) is 0 Å². The first-order chi connectivity index (χ1) is 12.0. The lowest BCUT2D eigenvalue weighted by Gasteiger charge is -2.25. The summed E-state index contributed by atoms with van der Waals surface area (Å²) in [5, 5.41) is 9.14. The van der Waals surface area contributed by atoms with Crippen LogP contribution in [0.25, 0.3) is 0 Å². The van der Waals surface area contributed by atoms with E-state index in [2.05, 4.69) is 0 Å². The maximum Gasteiger partial charge on any atom is 0.308 e. The Morgan fingerprint density at radius 3 is 2.52 bits per heavy atom. The molecule has 1 aromatic carbocycles. The Morgan fingerprint density at radius 2 is 1.96 bits per heavy atom. The molecular formula is C19H27NO5. The highest BCUT2D eigenvalue weighted by molar-refractivity contribution is 5.95. The quantitative estimate of drug-likeness (QED) is 0.702. The fourth-order valence-electron chi connectivity index (χ4n) is 2.56. The van der Waals surface area contributed by atoms with Crippen molar-refractivity contribution in [3.8, 4) is 11.5 Å². The van der Waals surface area contributed by atoms with Gasteiger partial charge in [0.1, 0.15) is 0 Å². The van der Waals surface area contributed by atoms with Gasteiger partial charge in [-0.2, -0.15) is 0 Å². The van der Waals surface area contributed by atoms with Gasteiger partial charge in [-0.3, -0.25) is 9.59 Å². The summed E-state index contributed by atoms with van der Waals surface area (Å²) in [6.45, 7) is 6.80. The van der Waals surface area contributed by atoms with Crippen LogP contribution in [-0.2, 0) is 4.79 Å². The number of amides is 1. The minimum absolute atomic E-state index is 0.140. The number of hydrogen-bond acceptors (Lipinski definition) is 4. The Labute approximate surface area is 148 Å². The Morgan fingerprint density at radius 1 is 1.24 bits per heavy atom. The highest BCUT2D eigenvalue weighted by Crippen LogP contribution is 2.32. The lowest BCUT2D eigenvalue weighted by Crippen LogP contribution is -2.38. The minimum Gasteiger partial charge on any atom is -0.490 e. The maximum atomic E-state index is 12.9. The molecule has 1 unspecified atom stereocenters. The molecule has 1 aliphatic rings. The third-order valence-electron chi connectivity index (χ3n) is 4.09. The zero-order valence-corrected chi connectivity index (χ0v) is 15.2. The van der Waals surface area contributed by atoms with Gasteiger partial charge in [0.25, 0.3) is 5.91 Å². The number of carboxylic acids is 1. The molecule has 1 aliphatic carbocycles. The Balaban J connectivity index is 2.20. The average Bonchev–Trinajstić information content (AvgIpc) is 3.42. The number of carbonyl (C=O) groups is 2. The Kier molecular flexibility index (Phi) is 6.67. The third kappa shape index (κ3) is 5.11. The second kappa shape index (κ2) is 8.74. The smallest absolute Gasteiger partial charge is 0.308 e. The lowest BCUT2D eigenvalue weighted by molar-refractivity contribution is -0.141. The fraction of sp³-hybridized carbons (Fsp3) is 0.579. The minimum atomic E-state index is -0.892. The number of benzene rings is 1. The zero-order chi connectivity index (χ0) is 18.4. The van der Waals surface area contributed by atoms with E-state index in [1.807, 2.05) is 13.8 Å². The monoisotopic (exact) mass is 349 g/mol. The van der Waals surface area contributed by atoms with Gasteiger partial charge in [0.05, 0.1) is 19.1 Å². The van der Waals surface area contributed by atoms with E-state index < -0.39 is 11.9 Å². The number of aliphatic carboxylic acids is 1. The van der Waals surface area contributed by atoms with E-state index in [-0.39, 0.29) is 18.5 Å². The molecule has 0 aromatic heterocycles. The van der Waals surface area contributed by atoms with E-state index in [9.17, 15) is 9.59 Å². The molecule has 0 bridgehead atoms. The molecular weight excluding hydrogens is 322 g/mol. The van der Waals surface area contributed by atoms with Crippen molar-refractivity contribution in [2.24, 2.45) is 5.92 Å². The SMILES string of the molecule is CCCOc1ccc(C(=O)N(CC(C)C(=O)O)C2CC2)cc1OCC. The van der Waals surface area contributed by atoms with E-state index in [1.165, 1.54) is 0 Å². The summed E-state index contributed by atoms with van der Waals surface area (Å²) >= 11 is 0. The summed E-state index contributed by atoms with van der Waals surface area (Å²) in [5.41, 5.74) is 0.497. The largest absolute Gasteiger partial charge is 0.490 e. The highest BCUT2D eigenvalue weighted by Gasteiger charge is 2.35. The summed E-state index contributed by atoms with van der Waals surface area (Å²) in [4.78, 5) is 25.7. The molecule has 25 heavy (non-hydrogen) atoms. The molecule has 1 amide bonds. The Bertz CT molecular complexity index is 612. The normalized spacial score (nSPS) is 14.7. The van der Waals surface area contributed by atoms with Gasteiger partial charge in [-0.25, -0.2) is 0 Å². The number of carboxylic acid groups (broad SMARTS) is 1. The molecule has 0 saturated heterocycles. The van der Waals surface area contributed by atoms with Gasteiger partial charge in [-0.1, -0.05) is 13.8 Å². The second-order valence-electron chi connectivity index (χ2n) is 6.37. The molecule has 1 N–H and O–H groups in total. The van der Waals surface area contributed by atoms with E-state index in [1.54, 1.807) is 30.0 Å². The number of hydrogen-bond donors (Lipinski definition) is 1. The van der Waals surface area contributed by atoms with Gasteiger partial charge in [-0.05, 0) is 44.4 Å². The van der Waals surface area contributed by atoms with Gasteiger partial charge in [0, 0.05) is 18.2 Å². The molecule has 0 heterocycles. The van der Waals surface area contributed by atoms with Crippen molar-refractivity contribution in [1.82, 2.24) is 4.90 Å². The summed E-state index contributed by atoms with van der Waals surface area (Å²) in [6, 6.07) is 5.30. The maximum absolute atomic E-state index is 12.9. The van der Waals surface area contributed by atoms with Crippen molar-refractivity contribution in [2.75, 3.05) is 19.8 Å². The standard InChI is InChI=1S/C19H27NO5/c1-4-10-25-16-9-6-14(11-17(16)24-5-2)18(21)20(15-7-8-15)12-13(3)19(22)23/h6,9,11,13,15H,4-5,7-8,10,12H2,1-3H3,(H,22,23). The lowest BCUT2D eigenvalue weighted by atomic mass is 10.1. The molecule has 0 aliphatic heterocycles. The first-order valence-electron chi connectivity index (χ1n) is 8.91. The van der Waals surface area contributed by atoms with Crippen LogP contribution in [0, 0.1) is 5.92 Å². The van der Waals surface area contributed by atoms with E-state index in [0.717, 1.165) is 19.3 Å². The van der Waals surface area contributed by atoms with Crippen molar-refractivity contribution in [2.45, 2.75) is 46.1 Å². The summed E-state index contributed by atoms with van der Waals surface area (Å²) in [5.74, 6) is -0.473. The predicted molar refractivity (Wildman–Crippen MR) is 94.3 cm³/mol. The van der Waals surface area contributed by atoms with Gasteiger partial charge in [0.2, 0.25) is 0 Å². The highest BCUT2D eigenvalue weighted by atomic mass is 16.5. The fourth-order valence-corrected chi connectivity index (χ4v) is 2.56. The summed E-state index contributed by atoms with van der Waals surface area (Å²) in [6.07, 6.45) is 2.73. The zero-order valence-electron chi connectivity index (χ0n) is 15.2. The number of rotatable bonds is 10. The Hall–Kier alpha value is -2.24. The van der Waals surface area contributed by atoms with Crippen molar-refractivity contribution >= 4 is 11.9 Å². The second-order valence-corrected chi connectivity index (χ2v) is 6.37. The van der Waals surface area contributed by atoms with Crippen LogP contribution in [0.2, 0.25) is 0 Å². The first-order valence-corrected chi connectivity index (χ1v) is 8.91. The van der Waals surface area contributed by atoms with E-state index >= 15 is 0 Å². The van der Waals surface area contributed by atoms with Crippen LogP contribution in [0.15, 0.2) is 18.2 Å². The first kappa shape index (κ1) is 19.1. The van der Waals surface area contributed by atoms with E-state index in [0.29, 0.717) is 30.3 Å². The van der Waals surface area contributed by atoms with Gasteiger partial charge in [0.15, 0.2) is 11.5 Å². The van der Waals surface area contributed by atoms with Crippen molar-refractivity contribution in [3.63, 3.8) is 0 Å². The van der Waals surface area contributed by atoms with Crippen LogP contribution in [0.1, 0.15) is 50.4 Å². The van der Waals surface area contributed by atoms with Crippen LogP contribution < -0.4 is 9.47 Å². The molecule has 2 rings (SSSR count). The topological polar surface area (TPSA) is 76.1 Å². The number of nitrogens with zero attached hydrogens (tertiary/aromatic N) is 1. The average molecular weight is 349 g/mol. The molecule has 1 saturated carbocycles. The summed E-state index contributed by atoms with van der Waals surface area (Å²) in [7, 11) is 0. The van der Waals surface area contributed by atoms with Crippen molar-refractivity contribution < 1.29 is 24.2 Å². The molecule has 6 nitrogen and oxygen atoms in total. The van der Waals surface area contributed by atoms with Crippen molar-refractivity contribution in [1.29, 1.82) is 0 Å². The van der Waals surface area contributed by atoms with Crippen molar-refractivity contribution in [3.05, 3.63) is 23.8 Å². The number of ether oxygens (including phenoxy) is 2. The molecule has 138 valence electrons. The predicted octanol–water partition coefficient (Wildman–Crippen LogP) is 3.20. The van der Waals surface area contributed by atoms with E-state index in [4.69, 9.17) is 14.6 Å². The molecule has 1 aromatic rings. The number of carbonyl (C=O) groups excluding carboxylic acids is 1. The summed E-state index contributed by atoms with van der Waals surface area (Å²) < 4.78 is 11.3. The van der Waals surface area contributed by atoms with Crippen LogP contribution >= 0.6 is 0 Å².